The van der Waals surface area contributed by atoms with E-state index in [1.54, 1.807) is 6.20 Å². The molecule has 2 unspecified atom stereocenters. The van der Waals surface area contributed by atoms with Crippen LogP contribution < -0.4 is 15.0 Å². The van der Waals surface area contributed by atoms with Gasteiger partial charge < -0.3 is 15.0 Å². The summed E-state index contributed by atoms with van der Waals surface area (Å²) in [5.41, 5.74) is 0. The first-order valence-electron chi connectivity index (χ1n) is 6.82. The molecule has 2 bridgehead atoms. The van der Waals surface area contributed by atoms with E-state index in [2.05, 4.69) is 20.2 Å². The number of aromatic nitrogens is 2. The maximum Gasteiger partial charge on any atom is 0.228 e. The molecule has 2 aliphatic rings. The van der Waals surface area contributed by atoms with Gasteiger partial charge in [-0.1, -0.05) is 0 Å². The molecule has 3 rings (SSSR count). The smallest absolute Gasteiger partial charge is 0.228 e. The number of nitrogens with one attached hydrogen (secondary N) is 1. The number of rotatable bonds is 3. The fourth-order valence-electron chi connectivity index (χ4n) is 2.84. The van der Waals surface area contributed by atoms with Crippen molar-refractivity contribution in [2.45, 2.75) is 38.3 Å². The molecule has 0 saturated carbocycles. The average molecular weight is 248 g/mol. The molecule has 98 valence electrons. The summed E-state index contributed by atoms with van der Waals surface area (Å²) in [6.07, 6.45) is 5.55. The second-order valence-electron chi connectivity index (χ2n) is 5.00. The molecule has 3 heterocycles. The van der Waals surface area contributed by atoms with Gasteiger partial charge in [-0.05, 0) is 26.2 Å². The number of ether oxygens (including phenoxy) is 1. The minimum atomic E-state index is 0.594. The number of anilines is 1. The van der Waals surface area contributed by atoms with Gasteiger partial charge in [0.05, 0.1) is 6.61 Å². The van der Waals surface area contributed by atoms with Crippen molar-refractivity contribution in [1.29, 1.82) is 0 Å². The van der Waals surface area contributed by atoms with E-state index in [1.165, 1.54) is 19.3 Å². The molecule has 0 spiro atoms. The van der Waals surface area contributed by atoms with Gasteiger partial charge in [-0.15, -0.1) is 0 Å². The standard InChI is InChI=1S/C13H20N4O/c1-2-18-12-5-7-14-13(16-12)17-8-6-10-3-4-11(9-17)15-10/h5,7,10-11,15H,2-4,6,8-9H2,1H3. The van der Waals surface area contributed by atoms with E-state index in [-0.39, 0.29) is 0 Å². The minimum Gasteiger partial charge on any atom is -0.478 e. The predicted octanol–water partition coefficient (Wildman–Crippen LogP) is 1.21. The van der Waals surface area contributed by atoms with E-state index in [0.29, 0.717) is 24.6 Å². The molecule has 5 nitrogen and oxygen atoms in total. The second-order valence-corrected chi connectivity index (χ2v) is 5.00. The third-order valence-electron chi connectivity index (χ3n) is 3.72. The molecular formula is C13H20N4O. The highest BCUT2D eigenvalue weighted by atomic mass is 16.5. The monoisotopic (exact) mass is 248 g/mol. The summed E-state index contributed by atoms with van der Waals surface area (Å²) in [5, 5.41) is 3.66. The molecule has 2 fully saturated rings. The summed E-state index contributed by atoms with van der Waals surface area (Å²) in [4.78, 5) is 11.1. The summed E-state index contributed by atoms with van der Waals surface area (Å²) in [6.45, 7) is 4.65. The van der Waals surface area contributed by atoms with Gasteiger partial charge in [0.1, 0.15) is 0 Å². The molecule has 2 saturated heterocycles. The van der Waals surface area contributed by atoms with Crippen molar-refractivity contribution in [3.63, 3.8) is 0 Å². The highest BCUT2D eigenvalue weighted by molar-refractivity contribution is 5.33. The minimum absolute atomic E-state index is 0.594. The molecule has 5 heteroatoms. The summed E-state index contributed by atoms with van der Waals surface area (Å²) < 4.78 is 5.44. The van der Waals surface area contributed by atoms with Crippen LogP contribution in [0.3, 0.4) is 0 Å². The molecule has 18 heavy (non-hydrogen) atoms. The van der Waals surface area contributed by atoms with E-state index >= 15 is 0 Å². The Morgan fingerprint density at radius 3 is 3.17 bits per heavy atom. The molecule has 2 aliphatic heterocycles. The van der Waals surface area contributed by atoms with Gasteiger partial charge in [0.2, 0.25) is 11.8 Å². The van der Waals surface area contributed by atoms with Crippen LogP contribution in [-0.4, -0.2) is 41.7 Å². The predicted molar refractivity (Wildman–Crippen MR) is 70.0 cm³/mol. The molecular weight excluding hydrogens is 228 g/mol. The first-order chi connectivity index (χ1) is 8.85. The van der Waals surface area contributed by atoms with Crippen molar-refractivity contribution in [2.24, 2.45) is 0 Å². The SMILES string of the molecule is CCOc1ccnc(N2CCC3CCC(C2)N3)n1. The normalized spacial score (nSPS) is 27.1. The molecule has 0 radical (unpaired) electrons. The number of nitrogens with zero attached hydrogens (tertiary/aromatic N) is 3. The third kappa shape index (κ3) is 2.41. The summed E-state index contributed by atoms with van der Waals surface area (Å²) >= 11 is 0. The number of hydrogen-bond donors (Lipinski definition) is 1. The lowest BCUT2D eigenvalue weighted by molar-refractivity contribution is 0.326. The highest BCUT2D eigenvalue weighted by Gasteiger charge is 2.30. The fraction of sp³-hybridized carbons (Fsp3) is 0.692. The Balaban J connectivity index is 1.75. The van der Waals surface area contributed by atoms with E-state index in [4.69, 9.17) is 4.74 Å². The van der Waals surface area contributed by atoms with Crippen LogP contribution in [0.25, 0.3) is 0 Å². The van der Waals surface area contributed by atoms with Gasteiger partial charge in [-0.2, -0.15) is 4.98 Å². The van der Waals surface area contributed by atoms with Gasteiger partial charge >= 0.3 is 0 Å². The number of hydrogen-bond acceptors (Lipinski definition) is 5. The Kier molecular flexibility index (Phi) is 3.32. The van der Waals surface area contributed by atoms with Crippen molar-refractivity contribution in [3.05, 3.63) is 12.3 Å². The molecule has 0 aliphatic carbocycles. The largest absolute Gasteiger partial charge is 0.478 e. The van der Waals surface area contributed by atoms with Crippen LogP contribution in [0, 0.1) is 0 Å². The first-order valence-corrected chi connectivity index (χ1v) is 6.82. The third-order valence-corrected chi connectivity index (χ3v) is 3.72. The maximum absolute atomic E-state index is 5.44. The molecule has 0 aromatic carbocycles. The zero-order chi connectivity index (χ0) is 12.4. The summed E-state index contributed by atoms with van der Waals surface area (Å²) in [7, 11) is 0. The van der Waals surface area contributed by atoms with Gasteiger partial charge in [-0.25, -0.2) is 4.98 Å². The van der Waals surface area contributed by atoms with Crippen molar-refractivity contribution in [3.8, 4) is 5.88 Å². The quantitative estimate of drug-likeness (QED) is 0.871. The van der Waals surface area contributed by atoms with Gasteiger partial charge in [0.15, 0.2) is 0 Å². The first kappa shape index (κ1) is 11.7. The Labute approximate surface area is 108 Å². The molecule has 0 amide bonds. The molecule has 1 N–H and O–H groups in total. The molecule has 2 atom stereocenters. The Bertz CT molecular complexity index is 412. The Hall–Kier alpha value is -1.36. The lowest BCUT2D eigenvalue weighted by Gasteiger charge is -2.24. The lowest BCUT2D eigenvalue weighted by atomic mass is 10.1. The van der Waals surface area contributed by atoms with E-state index < -0.39 is 0 Å². The van der Waals surface area contributed by atoms with Crippen molar-refractivity contribution >= 4 is 5.95 Å². The van der Waals surface area contributed by atoms with Gasteiger partial charge in [0.25, 0.3) is 0 Å². The zero-order valence-corrected chi connectivity index (χ0v) is 10.8. The highest BCUT2D eigenvalue weighted by Crippen LogP contribution is 2.23. The summed E-state index contributed by atoms with van der Waals surface area (Å²) in [6, 6.07) is 3.10. The molecule has 1 aromatic heterocycles. The average Bonchev–Trinajstić information content (AvgIpc) is 2.70. The van der Waals surface area contributed by atoms with Crippen molar-refractivity contribution < 1.29 is 4.74 Å². The van der Waals surface area contributed by atoms with Crippen LogP contribution in [0.2, 0.25) is 0 Å². The zero-order valence-electron chi connectivity index (χ0n) is 10.8. The summed E-state index contributed by atoms with van der Waals surface area (Å²) in [5.74, 6) is 1.47. The van der Waals surface area contributed by atoms with Crippen LogP contribution in [0.4, 0.5) is 5.95 Å². The van der Waals surface area contributed by atoms with Gasteiger partial charge in [0, 0.05) is 37.4 Å². The fourth-order valence-corrected chi connectivity index (χ4v) is 2.84. The van der Waals surface area contributed by atoms with Crippen LogP contribution in [-0.2, 0) is 0 Å². The van der Waals surface area contributed by atoms with Gasteiger partial charge in [-0.3, -0.25) is 0 Å². The van der Waals surface area contributed by atoms with E-state index in [9.17, 15) is 0 Å². The van der Waals surface area contributed by atoms with E-state index in [1.807, 2.05) is 13.0 Å². The van der Waals surface area contributed by atoms with Crippen molar-refractivity contribution in [1.82, 2.24) is 15.3 Å². The van der Waals surface area contributed by atoms with Crippen molar-refractivity contribution in [2.75, 3.05) is 24.6 Å². The molecule has 1 aromatic rings. The van der Waals surface area contributed by atoms with Crippen LogP contribution in [0.5, 0.6) is 5.88 Å². The topological polar surface area (TPSA) is 50.3 Å². The van der Waals surface area contributed by atoms with Crippen LogP contribution in [0.1, 0.15) is 26.2 Å². The van der Waals surface area contributed by atoms with E-state index in [0.717, 1.165) is 19.0 Å². The van der Waals surface area contributed by atoms with Crippen LogP contribution in [0.15, 0.2) is 12.3 Å². The Morgan fingerprint density at radius 1 is 1.39 bits per heavy atom. The Morgan fingerprint density at radius 2 is 2.28 bits per heavy atom. The maximum atomic E-state index is 5.44. The van der Waals surface area contributed by atoms with Crippen LogP contribution >= 0.6 is 0 Å². The number of fused-ring (bicyclic) bond motifs is 2. The lowest BCUT2D eigenvalue weighted by Crippen LogP contribution is -2.36. The second kappa shape index (κ2) is 5.10.